The van der Waals surface area contributed by atoms with Crippen molar-refractivity contribution in [3.05, 3.63) is 65.4 Å². The number of carboxylic acid groups (broad SMARTS) is 1. The molecular weight excluding hydrogens is 344 g/mol. The van der Waals surface area contributed by atoms with E-state index in [9.17, 15) is 20.3 Å². The average molecular weight is 362 g/mol. The van der Waals surface area contributed by atoms with E-state index < -0.39 is 23.7 Å². The van der Waals surface area contributed by atoms with Crippen molar-refractivity contribution in [2.24, 2.45) is 0 Å². The van der Waals surface area contributed by atoms with Crippen LogP contribution in [0.5, 0.6) is 5.75 Å². The Kier molecular flexibility index (Phi) is 3.72. The molecule has 2 heterocycles. The van der Waals surface area contributed by atoms with Gasteiger partial charge in [-0.25, -0.2) is 4.79 Å². The Labute approximate surface area is 155 Å². The van der Waals surface area contributed by atoms with Gasteiger partial charge in [0.25, 0.3) is 0 Å². The highest BCUT2D eigenvalue weighted by molar-refractivity contribution is 5.95. The summed E-state index contributed by atoms with van der Waals surface area (Å²) in [5.74, 6) is -0.552. The van der Waals surface area contributed by atoms with Crippen LogP contribution < -0.4 is 4.74 Å². The molecule has 0 radical (unpaired) electrons. The molecular formula is C21H18N2O4. The standard InChI is InChI=1S/C21H18N2O4/c1-21(2)19(24)18(14-9-12(11-22)7-8-17(14)27-21)23-15-6-4-3-5-13(15)10-16(23)20(25)26/h3-10,18-19,24H,1-2H3,(H,25,26). The number of nitriles is 1. The van der Waals surface area contributed by atoms with Crippen molar-refractivity contribution in [2.45, 2.75) is 31.6 Å². The molecule has 136 valence electrons. The fraction of sp³-hybridized carbons (Fsp3) is 0.238. The van der Waals surface area contributed by atoms with Crippen LogP contribution in [0.4, 0.5) is 0 Å². The molecule has 0 bridgehead atoms. The van der Waals surface area contributed by atoms with Crippen molar-refractivity contribution in [3.63, 3.8) is 0 Å². The number of aromatic carboxylic acids is 1. The Bertz CT molecular complexity index is 1110. The number of hydrogen-bond donors (Lipinski definition) is 2. The van der Waals surface area contributed by atoms with Gasteiger partial charge in [0, 0.05) is 16.5 Å². The number of aliphatic hydroxyl groups is 1. The quantitative estimate of drug-likeness (QED) is 0.729. The highest BCUT2D eigenvalue weighted by Gasteiger charge is 2.45. The van der Waals surface area contributed by atoms with Crippen molar-refractivity contribution in [1.82, 2.24) is 4.57 Å². The molecule has 3 aromatic rings. The fourth-order valence-electron chi connectivity index (χ4n) is 3.76. The van der Waals surface area contributed by atoms with Gasteiger partial charge in [-0.2, -0.15) is 5.26 Å². The highest BCUT2D eigenvalue weighted by atomic mass is 16.5. The summed E-state index contributed by atoms with van der Waals surface area (Å²) in [4.78, 5) is 12.0. The van der Waals surface area contributed by atoms with Gasteiger partial charge in [0.2, 0.25) is 0 Å². The fourth-order valence-corrected chi connectivity index (χ4v) is 3.76. The first-order valence-electron chi connectivity index (χ1n) is 8.58. The van der Waals surface area contributed by atoms with Crippen LogP contribution in [0.25, 0.3) is 10.9 Å². The van der Waals surface area contributed by atoms with E-state index in [4.69, 9.17) is 4.74 Å². The maximum Gasteiger partial charge on any atom is 0.352 e. The maximum absolute atomic E-state index is 12.0. The minimum absolute atomic E-state index is 0.0752. The molecule has 2 unspecified atom stereocenters. The maximum atomic E-state index is 12.0. The van der Waals surface area contributed by atoms with Gasteiger partial charge in [0.15, 0.2) is 0 Å². The van der Waals surface area contributed by atoms with Crippen LogP contribution >= 0.6 is 0 Å². The van der Waals surface area contributed by atoms with Gasteiger partial charge in [-0.3, -0.25) is 0 Å². The Morgan fingerprint density at radius 2 is 1.96 bits per heavy atom. The van der Waals surface area contributed by atoms with Gasteiger partial charge in [0.05, 0.1) is 17.7 Å². The van der Waals surface area contributed by atoms with Crippen molar-refractivity contribution in [2.75, 3.05) is 0 Å². The van der Waals surface area contributed by atoms with E-state index >= 15 is 0 Å². The van der Waals surface area contributed by atoms with Gasteiger partial charge in [-0.1, -0.05) is 18.2 Å². The summed E-state index contributed by atoms with van der Waals surface area (Å²) in [6.45, 7) is 3.52. The monoisotopic (exact) mass is 362 g/mol. The van der Waals surface area contributed by atoms with Crippen LogP contribution in [0.3, 0.4) is 0 Å². The van der Waals surface area contributed by atoms with E-state index in [0.717, 1.165) is 5.39 Å². The number of aliphatic hydroxyl groups excluding tert-OH is 1. The van der Waals surface area contributed by atoms with Crippen LogP contribution in [0.15, 0.2) is 48.5 Å². The SMILES string of the molecule is CC1(C)Oc2ccc(C#N)cc2C(n2c(C(=O)O)cc3ccccc32)C1O. The lowest BCUT2D eigenvalue weighted by Crippen LogP contribution is -2.51. The second-order valence-corrected chi connectivity index (χ2v) is 7.22. The summed E-state index contributed by atoms with van der Waals surface area (Å²) in [5.41, 5.74) is 0.844. The molecule has 2 aromatic carbocycles. The van der Waals surface area contributed by atoms with Gasteiger partial charge >= 0.3 is 5.97 Å². The van der Waals surface area contributed by atoms with Crippen LogP contribution in [0.1, 0.15) is 41.5 Å². The first-order valence-corrected chi connectivity index (χ1v) is 8.58. The Hall–Kier alpha value is -3.30. The zero-order chi connectivity index (χ0) is 19.3. The second-order valence-electron chi connectivity index (χ2n) is 7.22. The summed E-state index contributed by atoms with van der Waals surface area (Å²) in [6, 6.07) is 15.3. The van der Waals surface area contributed by atoms with Crippen LogP contribution in [0.2, 0.25) is 0 Å². The molecule has 27 heavy (non-hydrogen) atoms. The number of benzene rings is 2. The highest BCUT2D eigenvalue weighted by Crippen LogP contribution is 2.44. The third kappa shape index (κ3) is 2.56. The third-order valence-corrected chi connectivity index (χ3v) is 5.09. The molecule has 1 aliphatic rings. The Morgan fingerprint density at radius 3 is 2.67 bits per heavy atom. The molecule has 2 atom stereocenters. The van der Waals surface area contributed by atoms with Gasteiger partial charge < -0.3 is 19.5 Å². The summed E-state index contributed by atoms with van der Waals surface area (Å²) >= 11 is 0. The van der Waals surface area contributed by atoms with E-state index in [1.54, 1.807) is 42.7 Å². The largest absolute Gasteiger partial charge is 0.485 e. The van der Waals surface area contributed by atoms with Crippen molar-refractivity contribution in [1.29, 1.82) is 5.26 Å². The zero-order valence-electron chi connectivity index (χ0n) is 14.9. The average Bonchev–Trinajstić information content (AvgIpc) is 3.02. The molecule has 0 saturated carbocycles. The number of fused-ring (bicyclic) bond motifs is 2. The van der Waals surface area contributed by atoms with Gasteiger partial charge in [0.1, 0.15) is 23.1 Å². The van der Waals surface area contributed by atoms with Crippen LogP contribution in [-0.2, 0) is 0 Å². The molecule has 6 heteroatoms. The molecule has 2 N–H and O–H groups in total. The molecule has 1 aliphatic heterocycles. The number of rotatable bonds is 2. The van der Waals surface area contributed by atoms with Crippen molar-refractivity contribution >= 4 is 16.9 Å². The first kappa shape index (κ1) is 17.1. The van der Waals surface area contributed by atoms with E-state index in [1.165, 1.54) is 0 Å². The second kappa shape index (κ2) is 5.86. The summed E-state index contributed by atoms with van der Waals surface area (Å²) in [6.07, 6.45) is -1.02. The summed E-state index contributed by atoms with van der Waals surface area (Å²) < 4.78 is 7.58. The Morgan fingerprint density at radius 1 is 1.22 bits per heavy atom. The molecule has 1 aromatic heterocycles. The van der Waals surface area contributed by atoms with E-state index in [2.05, 4.69) is 6.07 Å². The predicted molar refractivity (Wildman–Crippen MR) is 98.9 cm³/mol. The smallest absolute Gasteiger partial charge is 0.352 e. The molecule has 0 amide bonds. The Balaban J connectivity index is 2.07. The molecule has 0 aliphatic carbocycles. The summed E-state index contributed by atoms with van der Waals surface area (Å²) in [5, 5.41) is 31.0. The van der Waals surface area contributed by atoms with Crippen LogP contribution in [-0.4, -0.2) is 32.5 Å². The number of para-hydroxylation sites is 1. The van der Waals surface area contributed by atoms with E-state index in [0.29, 0.717) is 22.4 Å². The lowest BCUT2D eigenvalue weighted by atomic mass is 9.85. The van der Waals surface area contributed by atoms with E-state index in [-0.39, 0.29) is 5.69 Å². The number of aromatic nitrogens is 1. The molecule has 6 nitrogen and oxygen atoms in total. The lowest BCUT2D eigenvalue weighted by Gasteiger charge is -2.43. The van der Waals surface area contributed by atoms with Crippen molar-refractivity contribution < 1.29 is 19.7 Å². The number of carboxylic acids is 1. The molecule has 0 fully saturated rings. The van der Waals surface area contributed by atoms with Gasteiger partial charge in [-0.15, -0.1) is 0 Å². The first-order chi connectivity index (χ1) is 12.8. The normalized spacial score (nSPS) is 20.5. The number of nitrogens with zero attached hydrogens (tertiary/aromatic N) is 2. The number of hydrogen-bond acceptors (Lipinski definition) is 4. The number of ether oxygens (including phenoxy) is 1. The lowest BCUT2D eigenvalue weighted by molar-refractivity contribution is -0.0632. The zero-order valence-corrected chi connectivity index (χ0v) is 14.9. The number of carbonyl (C=O) groups is 1. The minimum Gasteiger partial charge on any atom is -0.485 e. The molecule has 4 rings (SSSR count). The van der Waals surface area contributed by atoms with E-state index in [1.807, 2.05) is 24.3 Å². The minimum atomic E-state index is -1.08. The summed E-state index contributed by atoms with van der Waals surface area (Å²) in [7, 11) is 0. The van der Waals surface area contributed by atoms with Gasteiger partial charge in [-0.05, 0) is 44.2 Å². The third-order valence-electron chi connectivity index (χ3n) is 5.09. The molecule has 0 saturated heterocycles. The van der Waals surface area contributed by atoms with Crippen molar-refractivity contribution in [3.8, 4) is 11.8 Å². The molecule has 0 spiro atoms. The van der Waals surface area contributed by atoms with Crippen LogP contribution in [0, 0.1) is 11.3 Å². The topological polar surface area (TPSA) is 95.5 Å². The predicted octanol–water partition coefficient (Wildman–Crippen LogP) is 3.33.